The van der Waals surface area contributed by atoms with Crippen LogP contribution in [0.25, 0.3) is 0 Å². The van der Waals surface area contributed by atoms with Crippen molar-refractivity contribution in [3.8, 4) is 0 Å². The summed E-state index contributed by atoms with van der Waals surface area (Å²) < 4.78 is 5.64. The lowest BCUT2D eigenvalue weighted by molar-refractivity contribution is -0.0631. The predicted octanol–water partition coefficient (Wildman–Crippen LogP) is 0.247. The topological polar surface area (TPSA) is 75.7 Å². The molecule has 1 aliphatic heterocycles. The lowest BCUT2D eigenvalue weighted by atomic mass is 9.94. The van der Waals surface area contributed by atoms with Gasteiger partial charge >= 0.3 is 0 Å². The summed E-state index contributed by atoms with van der Waals surface area (Å²) in [7, 11) is 0. The molecule has 1 aliphatic rings. The van der Waals surface area contributed by atoms with Crippen molar-refractivity contribution in [2.45, 2.75) is 44.9 Å². The molecule has 2 rings (SSSR count). The minimum absolute atomic E-state index is 0.0207. The van der Waals surface area contributed by atoms with Gasteiger partial charge in [0.15, 0.2) is 5.82 Å². The van der Waals surface area contributed by atoms with Crippen LogP contribution >= 0.6 is 0 Å². The van der Waals surface area contributed by atoms with Gasteiger partial charge in [0.1, 0.15) is 0 Å². The van der Waals surface area contributed by atoms with E-state index in [0.29, 0.717) is 18.4 Å². The summed E-state index contributed by atoms with van der Waals surface area (Å²) in [5.41, 5.74) is -0.0207. The third-order valence-corrected chi connectivity index (χ3v) is 2.64. The second kappa shape index (κ2) is 4.24. The van der Waals surface area contributed by atoms with Crippen molar-refractivity contribution < 1.29 is 4.74 Å². The molecule has 2 heterocycles. The summed E-state index contributed by atoms with van der Waals surface area (Å²) in [6, 6.07) is 0.479. The molecule has 0 saturated carbocycles. The average molecular weight is 211 g/mol. The van der Waals surface area contributed by atoms with E-state index in [2.05, 4.69) is 39.8 Å². The van der Waals surface area contributed by atoms with Gasteiger partial charge < -0.3 is 10.1 Å². The maximum atomic E-state index is 5.64. The molecule has 1 fully saturated rings. The molecule has 0 radical (unpaired) electrons. The van der Waals surface area contributed by atoms with Crippen molar-refractivity contribution in [2.24, 2.45) is 0 Å². The quantitative estimate of drug-likeness (QED) is 0.749. The number of hydrogen-bond donors (Lipinski definition) is 2. The van der Waals surface area contributed by atoms with Gasteiger partial charge in [0.25, 0.3) is 0 Å². The van der Waals surface area contributed by atoms with Crippen LogP contribution in [0.5, 0.6) is 0 Å². The summed E-state index contributed by atoms with van der Waals surface area (Å²) in [6.07, 6.45) is 2.06. The number of aromatic nitrogens is 4. The summed E-state index contributed by atoms with van der Waals surface area (Å²) >= 11 is 0. The molecule has 1 saturated heterocycles. The molecule has 0 aliphatic carbocycles. The van der Waals surface area contributed by atoms with Crippen molar-refractivity contribution in [3.05, 3.63) is 5.82 Å². The van der Waals surface area contributed by atoms with Crippen molar-refractivity contribution in [1.29, 1.82) is 0 Å². The zero-order valence-corrected chi connectivity index (χ0v) is 9.16. The molecule has 0 amide bonds. The van der Waals surface area contributed by atoms with E-state index in [9.17, 15) is 0 Å². The molecule has 1 aromatic heterocycles. The Kier molecular flexibility index (Phi) is 2.97. The molecule has 1 atom stereocenters. The molecule has 0 bridgehead atoms. The van der Waals surface area contributed by atoms with E-state index < -0.39 is 0 Å². The van der Waals surface area contributed by atoms with Crippen LogP contribution < -0.4 is 5.32 Å². The van der Waals surface area contributed by atoms with E-state index in [1.165, 1.54) is 0 Å². The molecular formula is C9H17N5O. The molecule has 1 aromatic rings. The first kappa shape index (κ1) is 10.5. The van der Waals surface area contributed by atoms with Crippen LogP contribution in [0.15, 0.2) is 0 Å². The fraction of sp³-hybridized carbons (Fsp3) is 0.889. The molecule has 84 valence electrons. The van der Waals surface area contributed by atoms with Gasteiger partial charge in [0.2, 0.25) is 0 Å². The number of aromatic amines is 1. The van der Waals surface area contributed by atoms with E-state index in [1.807, 2.05) is 0 Å². The Bertz CT molecular complexity index is 297. The first-order valence-electron chi connectivity index (χ1n) is 5.25. The number of ether oxygens (including phenoxy) is 1. The smallest absolute Gasteiger partial charge is 0.188 e. The van der Waals surface area contributed by atoms with Crippen molar-refractivity contribution in [2.75, 3.05) is 6.61 Å². The molecule has 1 unspecified atom stereocenters. The van der Waals surface area contributed by atoms with Gasteiger partial charge in [-0.2, -0.15) is 5.21 Å². The number of H-pyrrole nitrogens is 1. The monoisotopic (exact) mass is 211 g/mol. The van der Waals surface area contributed by atoms with Crippen molar-refractivity contribution in [1.82, 2.24) is 25.9 Å². The Balaban J connectivity index is 1.80. The van der Waals surface area contributed by atoms with Gasteiger partial charge in [0, 0.05) is 12.6 Å². The first-order chi connectivity index (χ1) is 7.16. The van der Waals surface area contributed by atoms with E-state index in [1.54, 1.807) is 0 Å². The van der Waals surface area contributed by atoms with Gasteiger partial charge in [-0.1, -0.05) is 5.21 Å². The van der Waals surface area contributed by atoms with Crippen LogP contribution in [0, 0.1) is 0 Å². The minimum Gasteiger partial charge on any atom is -0.375 e. The maximum absolute atomic E-state index is 5.64. The molecule has 6 heteroatoms. The molecule has 2 N–H and O–H groups in total. The van der Waals surface area contributed by atoms with Crippen LogP contribution in [0.4, 0.5) is 0 Å². The third kappa shape index (κ3) is 2.97. The Morgan fingerprint density at radius 3 is 3.13 bits per heavy atom. The van der Waals surface area contributed by atoms with Crippen LogP contribution in [0.3, 0.4) is 0 Å². The highest BCUT2D eigenvalue weighted by atomic mass is 16.5. The van der Waals surface area contributed by atoms with E-state index in [4.69, 9.17) is 4.74 Å². The molecular weight excluding hydrogens is 194 g/mol. The van der Waals surface area contributed by atoms with Gasteiger partial charge in [-0.05, 0) is 26.7 Å². The van der Waals surface area contributed by atoms with Gasteiger partial charge in [-0.15, -0.1) is 10.2 Å². The number of rotatable bonds is 3. The molecule has 15 heavy (non-hydrogen) atoms. The van der Waals surface area contributed by atoms with Crippen LogP contribution in [-0.2, 0) is 11.3 Å². The molecule has 6 nitrogen and oxygen atoms in total. The number of nitrogens with one attached hydrogen (secondary N) is 2. The van der Waals surface area contributed by atoms with Crippen LogP contribution in [0.1, 0.15) is 32.5 Å². The zero-order valence-electron chi connectivity index (χ0n) is 9.16. The lowest BCUT2D eigenvalue weighted by Crippen LogP contribution is -2.43. The highest BCUT2D eigenvalue weighted by molar-refractivity contribution is 4.85. The summed E-state index contributed by atoms with van der Waals surface area (Å²) in [4.78, 5) is 0. The van der Waals surface area contributed by atoms with Crippen LogP contribution in [-0.4, -0.2) is 38.9 Å². The Morgan fingerprint density at radius 1 is 1.60 bits per heavy atom. The maximum Gasteiger partial charge on any atom is 0.188 e. The Hall–Kier alpha value is -1.01. The molecule has 0 spiro atoms. The van der Waals surface area contributed by atoms with Gasteiger partial charge in [-0.3, -0.25) is 0 Å². The van der Waals surface area contributed by atoms with E-state index >= 15 is 0 Å². The van der Waals surface area contributed by atoms with Crippen LogP contribution in [0.2, 0.25) is 0 Å². The standard InChI is InChI=1S/C9H17N5O/c1-9(2)5-7(3-4-15-9)10-6-8-11-13-14-12-8/h7,10H,3-6H2,1-2H3,(H,11,12,13,14). The van der Waals surface area contributed by atoms with Crippen molar-refractivity contribution >= 4 is 0 Å². The molecule has 0 aromatic carbocycles. The van der Waals surface area contributed by atoms with E-state index in [-0.39, 0.29) is 5.60 Å². The summed E-state index contributed by atoms with van der Waals surface area (Å²) in [5, 5.41) is 17.2. The van der Waals surface area contributed by atoms with E-state index in [0.717, 1.165) is 19.4 Å². The second-order valence-corrected chi connectivity index (χ2v) is 4.51. The Labute approximate surface area is 88.8 Å². The summed E-state index contributed by atoms with van der Waals surface area (Å²) in [6.45, 7) is 5.72. The number of nitrogens with zero attached hydrogens (tertiary/aromatic N) is 3. The predicted molar refractivity (Wildman–Crippen MR) is 54.1 cm³/mol. The minimum atomic E-state index is -0.0207. The zero-order chi connectivity index (χ0) is 10.7. The highest BCUT2D eigenvalue weighted by Gasteiger charge is 2.28. The second-order valence-electron chi connectivity index (χ2n) is 4.51. The average Bonchev–Trinajstić information content (AvgIpc) is 2.65. The lowest BCUT2D eigenvalue weighted by Gasteiger charge is -2.35. The van der Waals surface area contributed by atoms with Gasteiger partial charge in [0.05, 0.1) is 12.1 Å². The number of tetrazole rings is 1. The normalized spacial score (nSPS) is 25.3. The fourth-order valence-electron chi connectivity index (χ4n) is 1.90. The largest absolute Gasteiger partial charge is 0.375 e. The fourth-order valence-corrected chi connectivity index (χ4v) is 1.90. The first-order valence-corrected chi connectivity index (χ1v) is 5.25. The third-order valence-electron chi connectivity index (χ3n) is 2.64. The number of hydrogen-bond acceptors (Lipinski definition) is 5. The summed E-state index contributed by atoms with van der Waals surface area (Å²) in [5.74, 6) is 0.708. The SMILES string of the molecule is CC1(C)CC(NCc2nn[nH]n2)CCO1. The Morgan fingerprint density at radius 2 is 2.47 bits per heavy atom. The van der Waals surface area contributed by atoms with Crippen molar-refractivity contribution in [3.63, 3.8) is 0 Å². The highest BCUT2D eigenvalue weighted by Crippen LogP contribution is 2.23. The van der Waals surface area contributed by atoms with Gasteiger partial charge in [-0.25, -0.2) is 0 Å².